The number of hydrogen-bond acceptors (Lipinski definition) is 5. The molecule has 1 atom stereocenters. The van der Waals surface area contributed by atoms with Crippen LogP contribution >= 0.6 is 0 Å². The van der Waals surface area contributed by atoms with E-state index in [9.17, 15) is 13.2 Å². The molecule has 0 aliphatic carbocycles. The quantitative estimate of drug-likeness (QED) is 0.867. The summed E-state index contributed by atoms with van der Waals surface area (Å²) in [6, 6.07) is 5.26. The average Bonchev–Trinajstić information content (AvgIpc) is 2.92. The lowest BCUT2D eigenvalue weighted by Gasteiger charge is -2.32. The maximum atomic E-state index is 12.8. The molecule has 5 nitrogen and oxygen atoms in total. The van der Waals surface area contributed by atoms with E-state index in [0.717, 1.165) is 12.1 Å². The number of hydrogen-bond donors (Lipinski definition) is 0. The molecule has 2 aromatic rings. The Labute approximate surface area is 131 Å². The number of nitrogens with zero attached hydrogens (tertiary/aromatic N) is 3. The van der Waals surface area contributed by atoms with E-state index in [1.54, 1.807) is 13.0 Å². The van der Waals surface area contributed by atoms with Gasteiger partial charge in [0.15, 0.2) is 5.82 Å². The largest absolute Gasteiger partial charge is 0.416 e. The first-order valence-electron chi connectivity index (χ1n) is 7.22. The van der Waals surface area contributed by atoms with Gasteiger partial charge >= 0.3 is 6.18 Å². The highest BCUT2D eigenvalue weighted by Gasteiger charge is 2.32. The van der Waals surface area contributed by atoms with E-state index in [0.29, 0.717) is 43.5 Å². The van der Waals surface area contributed by atoms with Crippen LogP contribution in [-0.2, 0) is 17.5 Å². The zero-order valence-corrected chi connectivity index (χ0v) is 12.5. The minimum absolute atomic E-state index is 0.407. The van der Waals surface area contributed by atoms with Crippen LogP contribution in [0.5, 0.6) is 0 Å². The minimum Gasteiger partial charge on any atom is -0.371 e. The molecule has 0 amide bonds. The van der Waals surface area contributed by atoms with Crippen molar-refractivity contribution in [3.63, 3.8) is 0 Å². The molecule has 1 aromatic heterocycles. The van der Waals surface area contributed by atoms with Gasteiger partial charge in [0.1, 0.15) is 0 Å². The predicted molar refractivity (Wildman–Crippen MR) is 74.4 cm³/mol. The molecule has 0 saturated carbocycles. The molecule has 8 heteroatoms. The number of rotatable bonds is 3. The summed E-state index contributed by atoms with van der Waals surface area (Å²) in [5.41, 5.74) is -0.144. The first kappa shape index (κ1) is 15.9. The fourth-order valence-corrected chi connectivity index (χ4v) is 2.56. The van der Waals surface area contributed by atoms with Crippen molar-refractivity contribution in [1.29, 1.82) is 0 Å². The van der Waals surface area contributed by atoms with Crippen molar-refractivity contribution >= 4 is 0 Å². The number of halogens is 3. The Morgan fingerprint density at radius 1 is 1.35 bits per heavy atom. The van der Waals surface area contributed by atoms with Crippen molar-refractivity contribution in [1.82, 2.24) is 15.0 Å². The smallest absolute Gasteiger partial charge is 0.371 e. The number of benzene rings is 1. The highest BCUT2D eigenvalue weighted by molar-refractivity contribution is 5.27. The van der Waals surface area contributed by atoms with Gasteiger partial charge in [0.25, 0.3) is 0 Å². The van der Waals surface area contributed by atoms with Crippen LogP contribution in [0.1, 0.15) is 28.9 Å². The van der Waals surface area contributed by atoms with E-state index in [1.807, 2.05) is 4.90 Å². The van der Waals surface area contributed by atoms with E-state index in [-0.39, 0.29) is 0 Å². The molecule has 1 aliphatic heterocycles. The molecule has 124 valence electrons. The number of alkyl halides is 3. The third kappa shape index (κ3) is 3.89. The standard InChI is InChI=1S/C15H16F3N3O2/c1-10-19-14(23-20-10)9-21-5-6-22-13(8-21)11-3-2-4-12(7-11)15(16,17)18/h2-4,7,13H,5-6,8-9H2,1H3. The van der Waals surface area contributed by atoms with Gasteiger partial charge in [-0.3, -0.25) is 4.90 Å². The Morgan fingerprint density at radius 3 is 2.87 bits per heavy atom. The Kier molecular flexibility index (Phi) is 4.36. The molecule has 1 aliphatic rings. The van der Waals surface area contributed by atoms with Gasteiger partial charge in [-0.15, -0.1) is 0 Å². The molecule has 1 unspecified atom stereocenters. The number of aryl methyl sites for hydroxylation is 1. The Hall–Kier alpha value is -1.93. The van der Waals surface area contributed by atoms with Crippen LogP contribution in [-0.4, -0.2) is 34.7 Å². The van der Waals surface area contributed by atoms with Crippen LogP contribution in [0.15, 0.2) is 28.8 Å². The monoisotopic (exact) mass is 327 g/mol. The molecule has 1 saturated heterocycles. The van der Waals surface area contributed by atoms with Crippen molar-refractivity contribution in [2.45, 2.75) is 25.7 Å². The average molecular weight is 327 g/mol. The van der Waals surface area contributed by atoms with E-state index in [4.69, 9.17) is 9.26 Å². The number of morpholine rings is 1. The lowest BCUT2D eigenvalue weighted by atomic mass is 10.0. The van der Waals surface area contributed by atoms with E-state index in [2.05, 4.69) is 10.1 Å². The second-order valence-corrected chi connectivity index (χ2v) is 5.45. The highest BCUT2D eigenvalue weighted by atomic mass is 19.4. The summed E-state index contributed by atoms with van der Waals surface area (Å²) in [7, 11) is 0. The molecule has 2 heterocycles. The first-order valence-corrected chi connectivity index (χ1v) is 7.22. The number of aromatic nitrogens is 2. The van der Waals surface area contributed by atoms with Gasteiger partial charge in [0.05, 0.1) is 24.8 Å². The molecule has 23 heavy (non-hydrogen) atoms. The molecule has 3 rings (SSSR count). The molecule has 0 radical (unpaired) electrons. The SMILES string of the molecule is Cc1noc(CN2CCOC(c3cccc(C(F)(F)F)c3)C2)n1. The summed E-state index contributed by atoms with van der Waals surface area (Å²) >= 11 is 0. The van der Waals surface area contributed by atoms with Gasteiger partial charge in [0, 0.05) is 13.1 Å². The summed E-state index contributed by atoms with van der Waals surface area (Å²) < 4.78 is 49.2. The summed E-state index contributed by atoms with van der Waals surface area (Å²) in [5.74, 6) is 1.05. The van der Waals surface area contributed by atoms with Crippen molar-refractivity contribution in [2.24, 2.45) is 0 Å². The lowest BCUT2D eigenvalue weighted by Crippen LogP contribution is -2.38. The van der Waals surface area contributed by atoms with Crippen LogP contribution < -0.4 is 0 Å². The van der Waals surface area contributed by atoms with Gasteiger partial charge in [-0.25, -0.2) is 0 Å². The van der Waals surface area contributed by atoms with Crippen LogP contribution in [0.3, 0.4) is 0 Å². The zero-order chi connectivity index (χ0) is 16.4. The topological polar surface area (TPSA) is 51.4 Å². The summed E-state index contributed by atoms with van der Waals surface area (Å²) in [4.78, 5) is 6.17. The summed E-state index contributed by atoms with van der Waals surface area (Å²) in [5, 5.41) is 3.73. The van der Waals surface area contributed by atoms with Gasteiger partial charge in [-0.2, -0.15) is 18.2 Å². The third-order valence-corrected chi connectivity index (χ3v) is 3.66. The third-order valence-electron chi connectivity index (χ3n) is 3.66. The molecule has 0 bridgehead atoms. The highest BCUT2D eigenvalue weighted by Crippen LogP contribution is 2.32. The normalized spacial score (nSPS) is 19.9. The zero-order valence-electron chi connectivity index (χ0n) is 12.5. The Morgan fingerprint density at radius 2 is 2.17 bits per heavy atom. The maximum Gasteiger partial charge on any atom is 0.416 e. The Balaban J connectivity index is 1.71. The molecule has 0 spiro atoms. The van der Waals surface area contributed by atoms with E-state index in [1.165, 1.54) is 6.07 Å². The maximum absolute atomic E-state index is 12.8. The molecule has 0 N–H and O–H groups in total. The molecule has 1 fully saturated rings. The van der Waals surface area contributed by atoms with E-state index >= 15 is 0 Å². The van der Waals surface area contributed by atoms with E-state index < -0.39 is 17.8 Å². The van der Waals surface area contributed by atoms with Crippen molar-refractivity contribution in [3.05, 3.63) is 47.1 Å². The number of ether oxygens (including phenoxy) is 1. The Bertz CT molecular complexity index is 672. The van der Waals surface area contributed by atoms with Gasteiger partial charge < -0.3 is 9.26 Å². The predicted octanol–water partition coefficient (Wildman–Crippen LogP) is 2.97. The van der Waals surface area contributed by atoms with Crippen molar-refractivity contribution in [3.8, 4) is 0 Å². The summed E-state index contributed by atoms with van der Waals surface area (Å²) in [6.45, 7) is 3.77. The van der Waals surface area contributed by atoms with Gasteiger partial charge in [-0.05, 0) is 24.6 Å². The first-order chi connectivity index (χ1) is 10.9. The second-order valence-electron chi connectivity index (χ2n) is 5.45. The molecule has 1 aromatic carbocycles. The van der Waals surface area contributed by atoms with Crippen LogP contribution in [0.4, 0.5) is 13.2 Å². The van der Waals surface area contributed by atoms with Gasteiger partial charge in [0.2, 0.25) is 5.89 Å². The van der Waals surface area contributed by atoms with Crippen molar-refractivity contribution in [2.75, 3.05) is 19.7 Å². The lowest BCUT2D eigenvalue weighted by molar-refractivity contribution is -0.137. The molecular formula is C15H16F3N3O2. The van der Waals surface area contributed by atoms with Crippen LogP contribution in [0.2, 0.25) is 0 Å². The fourth-order valence-electron chi connectivity index (χ4n) is 2.56. The minimum atomic E-state index is -4.36. The van der Waals surface area contributed by atoms with Crippen molar-refractivity contribution < 1.29 is 22.4 Å². The molecular weight excluding hydrogens is 311 g/mol. The summed E-state index contributed by atoms with van der Waals surface area (Å²) in [6.07, 6.45) is -4.76. The fraction of sp³-hybridized carbons (Fsp3) is 0.467. The van der Waals surface area contributed by atoms with Crippen LogP contribution in [0, 0.1) is 6.92 Å². The second kappa shape index (κ2) is 6.29. The van der Waals surface area contributed by atoms with Gasteiger partial charge in [-0.1, -0.05) is 17.3 Å². The van der Waals surface area contributed by atoms with Crippen LogP contribution in [0.25, 0.3) is 0 Å².